The molecule has 2 heterocycles. The van der Waals surface area contributed by atoms with Gasteiger partial charge in [-0.15, -0.1) is 0 Å². The van der Waals surface area contributed by atoms with Gasteiger partial charge in [0, 0.05) is 11.1 Å². The molecule has 1 unspecified atom stereocenters. The fraction of sp³-hybridized carbons (Fsp3) is 0.226. The van der Waals surface area contributed by atoms with Crippen LogP contribution in [0.25, 0.3) is 11.8 Å². The second kappa shape index (κ2) is 9.07. The van der Waals surface area contributed by atoms with E-state index in [0.717, 1.165) is 40.2 Å². The van der Waals surface area contributed by atoms with E-state index in [0.29, 0.717) is 10.5 Å². The van der Waals surface area contributed by atoms with Crippen molar-refractivity contribution in [1.29, 1.82) is 0 Å². The van der Waals surface area contributed by atoms with Crippen molar-refractivity contribution < 1.29 is 4.74 Å². The van der Waals surface area contributed by atoms with E-state index in [1.807, 2.05) is 28.8 Å². The summed E-state index contributed by atoms with van der Waals surface area (Å²) in [5.74, 6) is 1.26. The van der Waals surface area contributed by atoms with Crippen LogP contribution in [-0.4, -0.2) is 11.7 Å². The summed E-state index contributed by atoms with van der Waals surface area (Å²) in [5, 5.41) is 0. The van der Waals surface area contributed by atoms with Gasteiger partial charge in [0.15, 0.2) is 4.80 Å². The van der Waals surface area contributed by atoms with Gasteiger partial charge in [-0.1, -0.05) is 91.9 Å². The second-order valence-electron chi connectivity index (χ2n) is 9.68. The first kappa shape index (κ1) is 22.7. The number of fused-ring (bicyclic) bond motifs is 3. The molecule has 0 saturated heterocycles. The minimum absolute atomic E-state index is 0.00648. The number of hydrogen-bond acceptors (Lipinski definition) is 4. The van der Waals surface area contributed by atoms with E-state index in [1.54, 1.807) is 7.11 Å². The molecule has 0 N–H and O–H groups in total. The van der Waals surface area contributed by atoms with Crippen LogP contribution < -0.4 is 19.6 Å². The van der Waals surface area contributed by atoms with Gasteiger partial charge in [0.1, 0.15) is 5.75 Å². The minimum Gasteiger partial charge on any atom is -0.496 e. The highest BCUT2D eigenvalue weighted by atomic mass is 32.1. The number of hydrogen-bond donors (Lipinski definition) is 0. The van der Waals surface area contributed by atoms with Crippen LogP contribution in [0.2, 0.25) is 0 Å². The fourth-order valence-electron chi connectivity index (χ4n) is 5.32. The third-order valence-corrected chi connectivity index (χ3v) is 8.19. The molecule has 0 fully saturated rings. The Hall–Kier alpha value is -3.70. The molecular formula is C31H28N2O2S. The molecule has 6 rings (SSSR count). The second-order valence-corrected chi connectivity index (χ2v) is 10.7. The van der Waals surface area contributed by atoms with E-state index < -0.39 is 0 Å². The average molecular weight is 493 g/mol. The maximum absolute atomic E-state index is 13.9. The summed E-state index contributed by atoms with van der Waals surface area (Å²) in [6, 6.07) is 24.7. The number of thiazole rings is 1. The summed E-state index contributed by atoms with van der Waals surface area (Å²) in [5.41, 5.74) is 7.96. The average Bonchev–Trinajstić information content (AvgIpc) is 3.22. The van der Waals surface area contributed by atoms with Crippen molar-refractivity contribution in [2.24, 2.45) is 4.99 Å². The van der Waals surface area contributed by atoms with Crippen LogP contribution >= 0.6 is 11.3 Å². The quantitative estimate of drug-likeness (QED) is 0.380. The van der Waals surface area contributed by atoms with Gasteiger partial charge in [-0.2, -0.15) is 0 Å². The van der Waals surface area contributed by atoms with Gasteiger partial charge in [0.25, 0.3) is 5.56 Å². The molecule has 1 aliphatic heterocycles. The number of para-hydroxylation sites is 1. The highest BCUT2D eigenvalue weighted by Gasteiger charge is 2.33. The Morgan fingerprint density at radius 1 is 1.00 bits per heavy atom. The predicted octanol–water partition coefficient (Wildman–Crippen LogP) is 5.45. The van der Waals surface area contributed by atoms with Crippen LogP contribution in [0.1, 0.15) is 60.0 Å². The third-order valence-electron chi connectivity index (χ3n) is 7.21. The number of aromatic nitrogens is 1. The van der Waals surface area contributed by atoms with Crippen molar-refractivity contribution in [3.8, 4) is 5.75 Å². The zero-order chi connectivity index (χ0) is 24.8. The number of benzene rings is 3. The van der Waals surface area contributed by atoms with Crippen LogP contribution in [0.3, 0.4) is 0 Å². The fourth-order valence-corrected chi connectivity index (χ4v) is 6.32. The zero-order valence-electron chi connectivity index (χ0n) is 20.7. The summed E-state index contributed by atoms with van der Waals surface area (Å²) >= 11 is 1.46. The lowest BCUT2D eigenvalue weighted by molar-refractivity contribution is 0.402. The van der Waals surface area contributed by atoms with Gasteiger partial charge in [-0.05, 0) is 53.2 Å². The molecule has 4 nitrogen and oxygen atoms in total. The normalized spacial score (nSPS) is 16.9. The number of methoxy groups -OCH3 is 1. The van der Waals surface area contributed by atoms with Crippen LogP contribution in [0, 0.1) is 0 Å². The molecule has 36 heavy (non-hydrogen) atoms. The predicted molar refractivity (Wildman–Crippen MR) is 146 cm³/mol. The molecule has 0 spiro atoms. The molecule has 180 valence electrons. The van der Waals surface area contributed by atoms with E-state index in [-0.39, 0.29) is 11.6 Å². The van der Waals surface area contributed by atoms with Crippen molar-refractivity contribution in [3.63, 3.8) is 0 Å². The molecule has 1 atom stereocenters. The van der Waals surface area contributed by atoms with E-state index in [9.17, 15) is 4.79 Å². The van der Waals surface area contributed by atoms with Gasteiger partial charge < -0.3 is 4.74 Å². The molecule has 2 aliphatic rings. The van der Waals surface area contributed by atoms with Gasteiger partial charge in [0.05, 0.1) is 23.4 Å². The Bertz CT molecular complexity index is 1670. The smallest absolute Gasteiger partial charge is 0.271 e. The summed E-state index contributed by atoms with van der Waals surface area (Å²) in [4.78, 5) is 19.7. The first-order valence-electron chi connectivity index (χ1n) is 12.4. The molecule has 4 aromatic rings. The summed E-state index contributed by atoms with van der Waals surface area (Å²) in [7, 11) is 1.69. The van der Waals surface area contributed by atoms with Crippen LogP contribution in [0.4, 0.5) is 0 Å². The standard InChI is InChI=1S/C31H28N2O2S/c1-19(2)21-14-12-20(13-15-21)18-27-30(34)33-29(24-10-6-7-11-26(24)35-3)25-17-16-22-8-4-5-9-23(22)28(25)32-31(33)36-27/h4-15,18-19,29H,16-17H2,1-3H3. The lowest BCUT2D eigenvalue weighted by atomic mass is 9.83. The molecule has 1 aromatic heterocycles. The minimum atomic E-state index is -0.244. The highest BCUT2D eigenvalue weighted by Crippen LogP contribution is 2.43. The molecule has 1 aliphatic carbocycles. The topological polar surface area (TPSA) is 43.6 Å². The molecular weight excluding hydrogens is 464 g/mol. The molecule has 5 heteroatoms. The Morgan fingerprint density at radius 3 is 2.53 bits per heavy atom. The van der Waals surface area contributed by atoms with Gasteiger partial charge >= 0.3 is 0 Å². The van der Waals surface area contributed by atoms with E-state index in [2.05, 4.69) is 68.4 Å². The maximum Gasteiger partial charge on any atom is 0.271 e. The van der Waals surface area contributed by atoms with Gasteiger partial charge in [-0.25, -0.2) is 4.99 Å². The van der Waals surface area contributed by atoms with Crippen molar-refractivity contribution in [1.82, 2.24) is 4.57 Å². The number of ether oxygens (including phenoxy) is 1. The number of rotatable bonds is 4. The maximum atomic E-state index is 13.9. The van der Waals surface area contributed by atoms with Crippen molar-refractivity contribution in [2.45, 2.75) is 38.6 Å². The van der Waals surface area contributed by atoms with Gasteiger partial charge in [0.2, 0.25) is 0 Å². The van der Waals surface area contributed by atoms with E-state index in [1.165, 1.54) is 33.6 Å². The van der Waals surface area contributed by atoms with Crippen molar-refractivity contribution >= 4 is 23.1 Å². The first-order valence-corrected chi connectivity index (χ1v) is 13.2. The van der Waals surface area contributed by atoms with Crippen molar-refractivity contribution in [2.75, 3.05) is 7.11 Å². The van der Waals surface area contributed by atoms with Gasteiger partial charge in [-0.3, -0.25) is 9.36 Å². The molecule has 3 aromatic carbocycles. The Labute approximate surface area is 214 Å². The summed E-state index contributed by atoms with van der Waals surface area (Å²) in [6.45, 7) is 4.37. The molecule has 0 bridgehead atoms. The molecule has 0 amide bonds. The third kappa shape index (κ3) is 3.75. The Balaban J connectivity index is 1.59. The zero-order valence-corrected chi connectivity index (χ0v) is 21.5. The van der Waals surface area contributed by atoms with E-state index in [4.69, 9.17) is 9.73 Å². The lowest BCUT2D eigenvalue weighted by Gasteiger charge is -2.31. The monoisotopic (exact) mass is 492 g/mol. The first-order chi connectivity index (χ1) is 17.5. The van der Waals surface area contributed by atoms with Crippen molar-refractivity contribution in [3.05, 3.63) is 126 Å². The summed E-state index contributed by atoms with van der Waals surface area (Å²) in [6.07, 6.45) is 3.78. The van der Waals surface area contributed by atoms with E-state index >= 15 is 0 Å². The molecule has 0 saturated carbocycles. The van der Waals surface area contributed by atoms with Crippen LogP contribution in [0.15, 0.2) is 88.2 Å². The Morgan fingerprint density at radius 2 is 1.75 bits per heavy atom. The lowest BCUT2D eigenvalue weighted by Crippen LogP contribution is -2.38. The number of nitrogens with zero attached hydrogens (tertiary/aromatic N) is 2. The highest BCUT2D eigenvalue weighted by molar-refractivity contribution is 7.07. The Kier molecular flexibility index (Phi) is 5.73. The number of allylic oxidation sites excluding steroid dienone is 1. The van der Waals surface area contributed by atoms with Crippen LogP contribution in [-0.2, 0) is 6.42 Å². The van der Waals surface area contributed by atoms with Crippen LogP contribution in [0.5, 0.6) is 5.75 Å². The largest absolute Gasteiger partial charge is 0.496 e. The summed E-state index contributed by atoms with van der Waals surface area (Å²) < 4.78 is 8.33. The SMILES string of the molecule is COc1ccccc1C1C2=C(N=c3sc(=Cc4ccc(C(C)C)cc4)c(=O)n31)c1ccccc1CC2. The number of aryl methyl sites for hydroxylation is 1. The molecule has 0 radical (unpaired) electrons.